The number of aromatic nitrogens is 1. The fraction of sp³-hybridized carbons (Fsp3) is 0. The number of para-hydroxylation sites is 2. The van der Waals surface area contributed by atoms with Gasteiger partial charge in [0, 0.05) is 33.4 Å². The second-order valence-electron chi connectivity index (χ2n) is 13.1. The van der Waals surface area contributed by atoms with Crippen molar-refractivity contribution in [2.24, 2.45) is 0 Å². The van der Waals surface area contributed by atoms with E-state index in [1.165, 1.54) is 22.3 Å². The molecule has 2 aromatic heterocycles. The third kappa shape index (κ3) is 5.45. The second kappa shape index (κ2) is 12.9. The number of rotatable bonds is 7. The second-order valence-corrected chi connectivity index (χ2v) is 13.1. The summed E-state index contributed by atoms with van der Waals surface area (Å²) in [6, 6.07) is 67.4. The zero-order valence-electron chi connectivity index (χ0n) is 28.7. The number of anilines is 3. The van der Waals surface area contributed by atoms with Crippen LogP contribution < -0.4 is 4.90 Å². The summed E-state index contributed by atoms with van der Waals surface area (Å²) < 4.78 is 13.1. The number of fused-ring (bicyclic) bond motifs is 4. The number of oxazole rings is 1. The molecule has 4 heteroatoms. The van der Waals surface area contributed by atoms with Crippen molar-refractivity contribution in [3.05, 3.63) is 194 Å². The average molecular weight is 681 g/mol. The minimum absolute atomic E-state index is 0.584. The van der Waals surface area contributed by atoms with Crippen molar-refractivity contribution in [3.63, 3.8) is 0 Å². The molecule has 2 heterocycles. The molecule has 0 bridgehead atoms. The van der Waals surface area contributed by atoms with Gasteiger partial charge in [-0.1, -0.05) is 133 Å². The van der Waals surface area contributed by atoms with E-state index in [4.69, 9.17) is 13.8 Å². The molecule has 53 heavy (non-hydrogen) atoms. The normalized spacial score (nSPS) is 11.4. The number of furan rings is 1. The van der Waals surface area contributed by atoms with Gasteiger partial charge in [0.05, 0.1) is 5.56 Å². The Kier molecular flexibility index (Phi) is 7.43. The van der Waals surface area contributed by atoms with Gasteiger partial charge >= 0.3 is 0 Å². The molecule has 0 saturated heterocycles. The molecule has 8 aromatic carbocycles. The van der Waals surface area contributed by atoms with Gasteiger partial charge in [-0.3, -0.25) is 0 Å². The SMILES string of the molecule is c1ccc(-c2nc3cc4c(oc5ccccc54)c(-c4ccc(N(c5ccccc5)c5ccc(-c6ccccc6-c6ccccc6)cc5)cc4)c3o2)cc1. The molecule has 0 unspecified atom stereocenters. The maximum Gasteiger partial charge on any atom is 0.227 e. The van der Waals surface area contributed by atoms with Crippen molar-refractivity contribution in [1.82, 2.24) is 4.98 Å². The van der Waals surface area contributed by atoms with E-state index in [2.05, 4.69) is 150 Å². The quantitative estimate of drug-likeness (QED) is 0.168. The highest BCUT2D eigenvalue weighted by molar-refractivity contribution is 6.16. The molecule has 0 saturated carbocycles. The lowest BCUT2D eigenvalue weighted by Crippen LogP contribution is -2.09. The van der Waals surface area contributed by atoms with E-state index in [0.29, 0.717) is 11.5 Å². The van der Waals surface area contributed by atoms with Crippen LogP contribution in [0, 0.1) is 0 Å². The lowest BCUT2D eigenvalue weighted by atomic mass is 9.94. The summed E-state index contributed by atoms with van der Waals surface area (Å²) in [5.41, 5.74) is 13.9. The molecular weight excluding hydrogens is 649 g/mol. The largest absolute Gasteiger partial charge is 0.455 e. The van der Waals surface area contributed by atoms with Crippen LogP contribution in [0.4, 0.5) is 17.1 Å². The van der Waals surface area contributed by atoms with E-state index in [1.807, 2.05) is 48.5 Å². The molecule has 4 nitrogen and oxygen atoms in total. The Hall–Kier alpha value is -7.17. The fourth-order valence-corrected chi connectivity index (χ4v) is 7.41. The number of hydrogen-bond acceptors (Lipinski definition) is 4. The molecular formula is C49H32N2O2. The van der Waals surface area contributed by atoms with E-state index in [9.17, 15) is 0 Å². The van der Waals surface area contributed by atoms with Crippen LogP contribution in [-0.4, -0.2) is 4.98 Å². The lowest BCUT2D eigenvalue weighted by Gasteiger charge is -2.26. The van der Waals surface area contributed by atoms with Gasteiger partial charge in [0.25, 0.3) is 0 Å². The Morgan fingerprint density at radius 3 is 1.55 bits per heavy atom. The molecule has 0 aliphatic rings. The first-order valence-electron chi connectivity index (χ1n) is 17.8. The average Bonchev–Trinajstić information content (AvgIpc) is 3.83. The van der Waals surface area contributed by atoms with Gasteiger partial charge in [0.15, 0.2) is 5.58 Å². The topological polar surface area (TPSA) is 42.4 Å². The molecule has 0 N–H and O–H groups in total. The van der Waals surface area contributed by atoms with Gasteiger partial charge in [-0.05, 0) is 88.5 Å². The third-order valence-corrected chi connectivity index (χ3v) is 9.92. The minimum atomic E-state index is 0.584. The molecule has 10 rings (SSSR count). The van der Waals surface area contributed by atoms with Crippen molar-refractivity contribution >= 4 is 50.1 Å². The maximum atomic E-state index is 6.56. The highest BCUT2D eigenvalue weighted by atomic mass is 16.4. The smallest absolute Gasteiger partial charge is 0.227 e. The minimum Gasteiger partial charge on any atom is -0.455 e. The monoisotopic (exact) mass is 680 g/mol. The van der Waals surface area contributed by atoms with Gasteiger partial charge in [-0.25, -0.2) is 4.98 Å². The van der Waals surface area contributed by atoms with E-state index < -0.39 is 0 Å². The summed E-state index contributed by atoms with van der Waals surface area (Å²) in [5, 5.41) is 2.07. The Balaban J connectivity index is 1.08. The molecule has 0 spiro atoms. The number of benzene rings is 8. The highest BCUT2D eigenvalue weighted by Gasteiger charge is 2.22. The summed E-state index contributed by atoms with van der Waals surface area (Å²) in [4.78, 5) is 7.25. The van der Waals surface area contributed by atoms with E-state index in [0.717, 1.165) is 61.2 Å². The number of hydrogen-bond donors (Lipinski definition) is 0. The van der Waals surface area contributed by atoms with Gasteiger partial charge in [-0.15, -0.1) is 0 Å². The van der Waals surface area contributed by atoms with Gasteiger partial charge in [-0.2, -0.15) is 0 Å². The molecule has 0 aliphatic carbocycles. The van der Waals surface area contributed by atoms with Crippen LogP contribution in [0.1, 0.15) is 0 Å². The van der Waals surface area contributed by atoms with Crippen LogP contribution >= 0.6 is 0 Å². The molecule has 0 fully saturated rings. The van der Waals surface area contributed by atoms with E-state index in [1.54, 1.807) is 0 Å². The Labute approximate surface area is 306 Å². The first-order chi connectivity index (χ1) is 26.3. The number of nitrogens with zero attached hydrogens (tertiary/aromatic N) is 2. The summed E-state index contributed by atoms with van der Waals surface area (Å²) in [6.07, 6.45) is 0. The highest BCUT2D eigenvalue weighted by Crippen LogP contribution is 2.44. The van der Waals surface area contributed by atoms with Crippen molar-refractivity contribution in [2.75, 3.05) is 4.90 Å². The molecule has 0 radical (unpaired) electrons. The summed E-state index contributed by atoms with van der Waals surface area (Å²) in [6.45, 7) is 0. The molecule has 0 atom stereocenters. The van der Waals surface area contributed by atoms with Crippen molar-refractivity contribution in [3.8, 4) is 44.8 Å². The van der Waals surface area contributed by atoms with Crippen LogP contribution in [-0.2, 0) is 0 Å². The predicted octanol–water partition coefficient (Wildman–Crippen LogP) is 13.9. The molecule has 10 aromatic rings. The summed E-state index contributed by atoms with van der Waals surface area (Å²) >= 11 is 0. The molecule has 0 amide bonds. The molecule has 250 valence electrons. The first kappa shape index (κ1) is 30.6. The van der Waals surface area contributed by atoms with Crippen LogP contribution in [0.3, 0.4) is 0 Å². The standard InChI is InChI=1S/C49H32N2O2/c1-4-14-33(15-5-1)40-20-10-11-21-41(40)34-24-28-38(29-25-34)51(37-18-8-3-9-19-37)39-30-26-35(27-31-39)46-47-43(42-22-12-13-23-45(42)52-47)32-44-48(46)53-49(50-44)36-16-6-2-7-17-36/h1-32H. The first-order valence-corrected chi connectivity index (χ1v) is 17.8. The zero-order chi connectivity index (χ0) is 35.1. The van der Waals surface area contributed by atoms with Crippen LogP contribution in [0.15, 0.2) is 203 Å². The lowest BCUT2D eigenvalue weighted by molar-refractivity contribution is 0.619. The van der Waals surface area contributed by atoms with Crippen molar-refractivity contribution in [1.29, 1.82) is 0 Å². The van der Waals surface area contributed by atoms with E-state index in [-0.39, 0.29) is 0 Å². The fourth-order valence-electron chi connectivity index (χ4n) is 7.41. The third-order valence-electron chi connectivity index (χ3n) is 9.92. The van der Waals surface area contributed by atoms with Crippen LogP contribution in [0.5, 0.6) is 0 Å². The van der Waals surface area contributed by atoms with Crippen molar-refractivity contribution in [2.45, 2.75) is 0 Å². The Morgan fingerprint density at radius 2 is 0.887 bits per heavy atom. The van der Waals surface area contributed by atoms with Gasteiger partial charge in [0.1, 0.15) is 16.7 Å². The molecule has 0 aliphatic heterocycles. The van der Waals surface area contributed by atoms with Gasteiger partial charge < -0.3 is 13.7 Å². The van der Waals surface area contributed by atoms with Crippen molar-refractivity contribution < 1.29 is 8.83 Å². The zero-order valence-corrected chi connectivity index (χ0v) is 28.7. The van der Waals surface area contributed by atoms with Crippen LogP contribution in [0.2, 0.25) is 0 Å². The maximum absolute atomic E-state index is 6.56. The van der Waals surface area contributed by atoms with Crippen LogP contribution in [0.25, 0.3) is 77.9 Å². The predicted molar refractivity (Wildman–Crippen MR) is 218 cm³/mol. The Bertz CT molecular complexity index is 2860. The Morgan fingerprint density at radius 1 is 0.377 bits per heavy atom. The summed E-state index contributed by atoms with van der Waals surface area (Å²) in [5.74, 6) is 0.584. The summed E-state index contributed by atoms with van der Waals surface area (Å²) in [7, 11) is 0. The van der Waals surface area contributed by atoms with E-state index >= 15 is 0 Å². The van der Waals surface area contributed by atoms with Gasteiger partial charge in [0.2, 0.25) is 5.89 Å².